The predicted molar refractivity (Wildman–Crippen MR) is 101 cm³/mol. The lowest BCUT2D eigenvalue weighted by Crippen LogP contribution is -2.51. The average Bonchev–Trinajstić information content (AvgIpc) is 2.48. The number of rotatable bonds is 4. The van der Waals surface area contributed by atoms with Crippen LogP contribution in [0.15, 0.2) is 11.8 Å². The minimum Gasteiger partial charge on any atom is -0.413 e. The quantitative estimate of drug-likeness (QED) is 0.319. The Morgan fingerprint density at radius 2 is 1.67 bits per heavy atom. The molecule has 0 aromatic rings. The van der Waals surface area contributed by atoms with Gasteiger partial charge in [-0.15, -0.1) is 0 Å². The van der Waals surface area contributed by atoms with Crippen molar-refractivity contribution in [2.24, 2.45) is 5.41 Å². The molecule has 1 fully saturated rings. The number of hydrogen-bond donors (Lipinski definition) is 0. The summed E-state index contributed by atoms with van der Waals surface area (Å²) in [6, 6.07) is 0. The highest BCUT2D eigenvalue weighted by molar-refractivity contribution is 7.87. The Balaban J connectivity index is 2.28. The van der Waals surface area contributed by atoms with Crippen LogP contribution in [0, 0.1) is 5.41 Å². The summed E-state index contributed by atoms with van der Waals surface area (Å²) >= 11 is 0. The van der Waals surface area contributed by atoms with Crippen LogP contribution in [0.4, 0.5) is 13.2 Å². The molecule has 0 bridgehead atoms. The molecular formula is C18H31F3O4SSi. The summed E-state index contributed by atoms with van der Waals surface area (Å²) in [5.41, 5.74) is -5.76. The van der Waals surface area contributed by atoms with Gasteiger partial charge in [0, 0.05) is 11.8 Å². The van der Waals surface area contributed by atoms with Gasteiger partial charge in [0.2, 0.25) is 0 Å². The van der Waals surface area contributed by atoms with Crippen LogP contribution < -0.4 is 0 Å². The number of allylic oxidation sites excluding steroid dienone is 1. The van der Waals surface area contributed by atoms with Gasteiger partial charge in [-0.1, -0.05) is 40.0 Å². The summed E-state index contributed by atoms with van der Waals surface area (Å²) < 4.78 is 72.1. The lowest BCUT2D eigenvalue weighted by molar-refractivity contribution is -0.0543. The molecule has 2 aliphatic rings. The Kier molecular flexibility index (Phi) is 6.21. The van der Waals surface area contributed by atoms with Crippen LogP contribution in [-0.4, -0.2) is 28.3 Å². The van der Waals surface area contributed by atoms with Gasteiger partial charge >= 0.3 is 15.6 Å². The zero-order chi connectivity index (χ0) is 20.7. The van der Waals surface area contributed by atoms with Crippen molar-refractivity contribution in [3.05, 3.63) is 11.8 Å². The zero-order valence-corrected chi connectivity index (χ0v) is 18.6. The molecule has 2 rings (SSSR count). The molecule has 2 aliphatic carbocycles. The highest BCUT2D eigenvalue weighted by Gasteiger charge is 2.52. The summed E-state index contributed by atoms with van der Waals surface area (Å²) in [6.45, 7) is 10.8. The van der Waals surface area contributed by atoms with Crippen LogP contribution in [0.5, 0.6) is 0 Å². The van der Waals surface area contributed by atoms with Crippen molar-refractivity contribution < 1.29 is 30.2 Å². The van der Waals surface area contributed by atoms with Crippen molar-refractivity contribution >= 4 is 18.4 Å². The molecule has 0 radical (unpaired) electrons. The molecule has 1 spiro atoms. The van der Waals surface area contributed by atoms with E-state index in [4.69, 9.17) is 4.43 Å². The van der Waals surface area contributed by atoms with Crippen molar-refractivity contribution in [2.75, 3.05) is 0 Å². The van der Waals surface area contributed by atoms with E-state index >= 15 is 0 Å². The maximum Gasteiger partial charge on any atom is 0.534 e. The average molecular weight is 429 g/mol. The van der Waals surface area contributed by atoms with Gasteiger partial charge in [0.1, 0.15) is 5.76 Å². The molecule has 0 aromatic carbocycles. The molecule has 0 aliphatic heterocycles. The maximum absolute atomic E-state index is 12.7. The molecule has 0 aromatic heterocycles. The van der Waals surface area contributed by atoms with Crippen LogP contribution in [0.2, 0.25) is 18.1 Å². The van der Waals surface area contributed by atoms with E-state index in [2.05, 4.69) is 38.0 Å². The Morgan fingerprint density at radius 3 is 2.15 bits per heavy atom. The first kappa shape index (κ1) is 22.7. The summed E-state index contributed by atoms with van der Waals surface area (Å²) in [4.78, 5) is 0. The molecule has 158 valence electrons. The van der Waals surface area contributed by atoms with E-state index in [0.717, 1.165) is 32.1 Å². The van der Waals surface area contributed by atoms with Crippen LogP contribution in [0.1, 0.15) is 65.7 Å². The van der Waals surface area contributed by atoms with Gasteiger partial charge in [0.05, 0.1) is 6.10 Å². The first-order valence-electron chi connectivity index (χ1n) is 9.47. The Morgan fingerprint density at radius 1 is 1.11 bits per heavy atom. The summed E-state index contributed by atoms with van der Waals surface area (Å²) in [5, 5.41) is 0.0168. The molecule has 0 amide bonds. The van der Waals surface area contributed by atoms with E-state index in [-0.39, 0.29) is 28.7 Å². The van der Waals surface area contributed by atoms with E-state index in [1.54, 1.807) is 0 Å². The highest BCUT2D eigenvalue weighted by Crippen LogP contribution is 2.52. The molecule has 0 N–H and O–H groups in total. The van der Waals surface area contributed by atoms with Gasteiger partial charge in [-0.05, 0) is 43.5 Å². The van der Waals surface area contributed by atoms with E-state index in [0.29, 0.717) is 6.42 Å². The first-order chi connectivity index (χ1) is 12.1. The Hall–Kier alpha value is -0.543. The third-order valence-electron chi connectivity index (χ3n) is 6.36. The number of alkyl halides is 3. The standard InChI is InChI=1S/C18H31F3O4SSi/c1-16(2,3)27(4,5)25-15-10-9-14(24-26(22,23)18(19,20)21)13-17(15)11-7-6-8-12-17/h9,15H,6-8,10-13H2,1-5H3. The Labute approximate surface area is 161 Å². The van der Waals surface area contributed by atoms with Gasteiger partial charge in [-0.25, -0.2) is 0 Å². The van der Waals surface area contributed by atoms with Crippen LogP contribution in [0.3, 0.4) is 0 Å². The van der Waals surface area contributed by atoms with Crippen molar-refractivity contribution in [1.82, 2.24) is 0 Å². The molecule has 0 heterocycles. The van der Waals surface area contributed by atoms with Crippen molar-refractivity contribution in [1.29, 1.82) is 0 Å². The van der Waals surface area contributed by atoms with E-state index < -0.39 is 23.9 Å². The number of hydrogen-bond acceptors (Lipinski definition) is 4. The second kappa shape index (κ2) is 7.37. The molecule has 4 nitrogen and oxygen atoms in total. The molecule has 1 atom stereocenters. The second-order valence-electron chi connectivity index (χ2n) is 9.36. The van der Waals surface area contributed by atoms with E-state index in [9.17, 15) is 21.6 Å². The molecule has 9 heteroatoms. The van der Waals surface area contributed by atoms with Gasteiger partial charge < -0.3 is 8.61 Å². The van der Waals surface area contributed by atoms with Gasteiger partial charge in [0.25, 0.3) is 0 Å². The minimum atomic E-state index is -5.63. The lowest BCUT2D eigenvalue weighted by Gasteiger charge is -2.50. The van der Waals surface area contributed by atoms with Crippen LogP contribution in [0.25, 0.3) is 0 Å². The third-order valence-corrected chi connectivity index (χ3v) is 11.8. The topological polar surface area (TPSA) is 52.6 Å². The SMILES string of the molecule is CC(C)(C)[Si](C)(C)OC1CC=C(OS(=O)(=O)C(F)(F)F)CC12CCCCC2. The molecule has 27 heavy (non-hydrogen) atoms. The smallest absolute Gasteiger partial charge is 0.413 e. The minimum absolute atomic E-state index is 0.0168. The van der Waals surface area contributed by atoms with Crippen molar-refractivity contribution in [3.63, 3.8) is 0 Å². The zero-order valence-electron chi connectivity index (χ0n) is 16.8. The molecule has 0 saturated heterocycles. The third kappa shape index (κ3) is 4.90. The monoisotopic (exact) mass is 428 g/mol. The second-order valence-corrected chi connectivity index (χ2v) is 15.7. The molecule has 1 unspecified atom stereocenters. The summed E-state index contributed by atoms with van der Waals surface area (Å²) in [7, 11) is -7.70. The highest BCUT2D eigenvalue weighted by atomic mass is 32.2. The normalized spacial score (nSPS) is 24.6. The predicted octanol–water partition coefficient (Wildman–Crippen LogP) is 5.87. The summed E-state index contributed by atoms with van der Waals surface area (Å²) in [5.74, 6) is -0.0932. The van der Waals surface area contributed by atoms with Gasteiger partial charge in [-0.2, -0.15) is 21.6 Å². The fourth-order valence-electron chi connectivity index (χ4n) is 3.73. The fraction of sp³-hybridized carbons (Fsp3) is 0.889. The van der Waals surface area contributed by atoms with E-state index in [1.807, 2.05) is 0 Å². The first-order valence-corrected chi connectivity index (χ1v) is 13.8. The summed E-state index contributed by atoms with van der Waals surface area (Å²) in [6.07, 6.45) is 6.58. The van der Waals surface area contributed by atoms with Crippen molar-refractivity contribution in [3.8, 4) is 0 Å². The largest absolute Gasteiger partial charge is 0.534 e. The van der Waals surface area contributed by atoms with Crippen molar-refractivity contribution in [2.45, 2.75) is 95.5 Å². The maximum atomic E-state index is 12.7. The van der Waals surface area contributed by atoms with Gasteiger partial charge in [0.15, 0.2) is 8.32 Å². The fourth-order valence-corrected chi connectivity index (χ4v) is 5.65. The van der Waals surface area contributed by atoms with Gasteiger partial charge in [-0.3, -0.25) is 0 Å². The molecule has 1 saturated carbocycles. The van der Waals surface area contributed by atoms with Crippen LogP contribution >= 0.6 is 0 Å². The lowest BCUT2D eigenvalue weighted by atomic mass is 9.65. The molecular weight excluding hydrogens is 397 g/mol. The number of halogens is 3. The Bertz CT molecular complexity index is 672. The van der Waals surface area contributed by atoms with E-state index in [1.165, 1.54) is 6.08 Å². The van der Waals surface area contributed by atoms with Crippen LogP contribution in [-0.2, 0) is 18.7 Å².